The highest BCUT2D eigenvalue weighted by atomic mass is 15.1. The molecule has 3 heteroatoms. The number of hydrogen-bond donors (Lipinski definition) is 0. The SMILES string of the molecule is N#CC1CCCC1n1cnc2c1CCCC2. The lowest BCUT2D eigenvalue weighted by Gasteiger charge is -2.20. The van der Waals surface area contributed by atoms with E-state index in [0.29, 0.717) is 6.04 Å². The van der Waals surface area contributed by atoms with Crippen molar-refractivity contribution < 1.29 is 0 Å². The Morgan fingerprint density at radius 2 is 2.12 bits per heavy atom. The largest absolute Gasteiger partial charge is 0.330 e. The van der Waals surface area contributed by atoms with Crippen molar-refractivity contribution in [2.45, 2.75) is 51.0 Å². The van der Waals surface area contributed by atoms with Gasteiger partial charge in [-0.25, -0.2) is 4.98 Å². The number of rotatable bonds is 1. The van der Waals surface area contributed by atoms with Gasteiger partial charge < -0.3 is 4.57 Å². The summed E-state index contributed by atoms with van der Waals surface area (Å²) in [7, 11) is 0. The van der Waals surface area contributed by atoms with Crippen LogP contribution >= 0.6 is 0 Å². The van der Waals surface area contributed by atoms with Gasteiger partial charge in [0.05, 0.1) is 30.1 Å². The first-order valence-electron chi connectivity index (χ1n) is 6.34. The van der Waals surface area contributed by atoms with Crippen LogP contribution in [0.2, 0.25) is 0 Å². The summed E-state index contributed by atoms with van der Waals surface area (Å²) in [5.74, 6) is 0.209. The zero-order chi connectivity index (χ0) is 11.0. The van der Waals surface area contributed by atoms with E-state index in [1.807, 2.05) is 6.33 Å². The van der Waals surface area contributed by atoms with Crippen LogP contribution in [-0.2, 0) is 12.8 Å². The molecule has 2 atom stereocenters. The molecule has 2 unspecified atom stereocenters. The number of imidazole rings is 1. The van der Waals surface area contributed by atoms with Gasteiger partial charge in [-0.15, -0.1) is 0 Å². The van der Waals surface area contributed by atoms with E-state index in [0.717, 1.165) is 25.7 Å². The highest BCUT2D eigenvalue weighted by molar-refractivity contribution is 5.18. The quantitative estimate of drug-likeness (QED) is 0.722. The van der Waals surface area contributed by atoms with E-state index in [4.69, 9.17) is 5.26 Å². The molecular formula is C13H17N3. The Kier molecular flexibility index (Phi) is 2.43. The summed E-state index contributed by atoms with van der Waals surface area (Å²) in [6.45, 7) is 0. The molecule has 1 aromatic heterocycles. The number of aromatic nitrogens is 2. The molecule has 2 aliphatic rings. The van der Waals surface area contributed by atoms with Crippen molar-refractivity contribution in [1.82, 2.24) is 9.55 Å². The van der Waals surface area contributed by atoms with E-state index in [1.54, 1.807) is 0 Å². The van der Waals surface area contributed by atoms with Gasteiger partial charge in [0, 0.05) is 5.69 Å². The zero-order valence-corrected chi connectivity index (χ0v) is 9.52. The summed E-state index contributed by atoms with van der Waals surface area (Å²) in [4.78, 5) is 4.52. The second kappa shape index (κ2) is 3.93. The van der Waals surface area contributed by atoms with Crippen LogP contribution in [-0.4, -0.2) is 9.55 Å². The van der Waals surface area contributed by atoms with Gasteiger partial charge in [-0.05, 0) is 44.9 Å². The van der Waals surface area contributed by atoms with Gasteiger partial charge in [0.2, 0.25) is 0 Å². The van der Waals surface area contributed by atoms with Gasteiger partial charge in [0.15, 0.2) is 0 Å². The molecule has 0 bridgehead atoms. The first kappa shape index (κ1) is 9.89. The average molecular weight is 215 g/mol. The molecule has 0 radical (unpaired) electrons. The molecule has 1 saturated carbocycles. The maximum absolute atomic E-state index is 9.16. The van der Waals surface area contributed by atoms with Gasteiger partial charge in [0.1, 0.15) is 0 Å². The van der Waals surface area contributed by atoms with Crippen LogP contribution in [0.1, 0.15) is 49.5 Å². The molecule has 0 amide bonds. The fraction of sp³-hybridized carbons (Fsp3) is 0.692. The minimum absolute atomic E-state index is 0.209. The molecule has 3 nitrogen and oxygen atoms in total. The van der Waals surface area contributed by atoms with Gasteiger partial charge in [-0.2, -0.15) is 5.26 Å². The molecule has 16 heavy (non-hydrogen) atoms. The number of aryl methyl sites for hydroxylation is 1. The summed E-state index contributed by atoms with van der Waals surface area (Å²) in [6.07, 6.45) is 10.2. The van der Waals surface area contributed by atoms with E-state index in [1.165, 1.54) is 30.7 Å². The second-order valence-electron chi connectivity index (χ2n) is 4.99. The Morgan fingerprint density at radius 1 is 1.25 bits per heavy atom. The van der Waals surface area contributed by atoms with Crippen LogP contribution in [0.25, 0.3) is 0 Å². The molecule has 0 spiro atoms. The van der Waals surface area contributed by atoms with Crippen LogP contribution in [0.4, 0.5) is 0 Å². The summed E-state index contributed by atoms with van der Waals surface area (Å²) in [5.41, 5.74) is 2.70. The third kappa shape index (κ3) is 1.44. The van der Waals surface area contributed by atoms with Crippen molar-refractivity contribution in [3.05, 3.63) is 17.7 Å². The summed E-state index contributed by atoms with van der Waals surface area (Å²) < 4.78 is 2.31. The molecular weight excluding hydrogens is 198 g/mol. The van der Waals surface area contributed by atoms with Crippen molar-refractivity contribution in [3.8, 4) is 6.07 Å². The third-order valence-corrected chi connectivity index (χ3v) is 4.06. The van der Waals surface area contributed by atoms with Crippen LogP contribution in [0, 0.1) is 17.2 Å². The van der Waals surface area contributed by atoms with E-state index in [-0.39, 0.29) is 5.92 Å². The van der Waals surface area contributed by atoms with Crippen LogP contribution in [0.5, 0.6) is 0 Å². The van der Waals surface area contributed by atoms with Crippen LogP contribution in [0.15, 0.2) is 6.33 Å². The summed E-state index contributed by atoms with van der Waals surface area (Å²) in [5, 5.41) is 9.16. The zero-order valence-electron chi connectivity index (χ0n) is 9.52. The van der Waals surface area contributed by atoms with Crippen molar-refractivity contribution >= 4 is 0 Å². The van der Waals surface area contributed by atoms with Crippen molar-refractivity contribution in [3.63, 3.8) is 0 Å². The molecule has 0 saturated heterocycles. The van der Waals surface area contributed by atoms with Gasteiger partial charge in [-0.1, -0.05) is 0 Å². The fourth-order valence-electron chi connectivity index (χ4n) is 3.20. The molecule has 0 N–H and O–H groups in total. The van der Waals surface area contributed by atoms with Crippen LogP contribution < -0.4 is 0 Å². The van der Waals surface area contributed by atoms with Crippen LogP contribution in [0.3, 0.4) is 0 Å². The van der Waals surface area contributed by atoms with E-state index in [2.05, 4.69) is 15.6 Å². The number of hydrogen-bond acceptors (Lipinski definition) is 2. The molecule has 1 aromatic rings. The third-order valence-electron chi connectivity index (χ3n) is 4.06. The Hall–Kier alpha value is -1.30. The molecule has 84 valence electrons. The Balaban J connectivity index is 1.94. The Labute approximate surface area is 96.1 Å². The molecule has 0 aromatic carbocycles. The highest BCUT2D eigenvalue weighted by Gasteiger charge is 2.31. The van der Waals surface area contributed by atoms with Gasteiger partial charge in [-0.3, -0.25) is 0 Å². The molecule has 3 rings (SSSR count). The number of nitrogens with zero attached hydrogens (tertiary/aromatic N) is 3. The minimum Gasteiger partial charge on any atom is -0.330 e. The van der Waals surface area contributed by atoms with E-state index >= 15 is 0 Å². The molecule has 0 aliphatic heterocycles. The standard InChI is InChI=1S/C13H17N3/c14-8-10-4-3-7-12(10)16-9-15-11-5-1-2-6-13(11)16/h9-10,12H,1-7H2. The average Bonchev–Trinajstić information content (AvgIpc) is 2.94. The van der Waals surface area contributed by atoms with Gasteiger partial charge >= 0.3 is 0 Å². The molecule has 1 heterocycles. The molecule has 2 aliphatic carbocycles. The lowest BCUT2D eigenvalue weighted by molar-refractivity contribution is 0.430. The topological polar surface area (TPSA) is 41.6 Å². The first-order chi connectivity index (χ1) is 7.90. The predicted octanol–water partition coefficient (Wildman–Crippen LogP) is 2.63. The number of fused-ring (bicyclic) bond motifs is 1. The first-order valence-corrected chi connectivity index (χ1v) is 6.34. The summed E-state index contributed by atoms with van der Waals surface area (Å²) in [6, 6.07) is 2.86. The Bertz CT molecular complexity index is 427. The fourth-order valence-corrected chi connectivity index (χ4v) is 3.20. The predicted molar refractivity (Wildman–Crippen MR) is 60.9 cm³/mol. The highest BCUT2D eigenvalue weighted by Crippen LogP contribution is 2.37. The molecule has 1 fully saturated rings. The summed E-state index contributed by atoms with van der Waals surface area (Å²) >= 11 is 0. The van der Waals surface area contributed by atoms with E-state index < -0.39 is 0 Å². The maximum Gasteiger partial charge on any atom is 0.0954 e. The minimum atomic E-state index is 0.209. The smallest absolute Gasteiger partial charge is 0.0954 e. The number of nitriles is 1. The lowest BCUT2D eigenvalue weighted by Crippen LogP contribution is -2.16. The lowest BCUT2D eigenvalue weighted by atomic mass is 9.99. The van der Waals surface area contributed by atoms with Gasteiger partial charge in [0.25, 0.3) is 0 Å². The van der Waals surface area contributed by atoms with Crippen molar-refractivity contribution in [2.75, 3.05) is 0 Å². The maximum atomic E-state index is 9.16. The Morgan fingerprint density at radius 3 is 3.00 bits per heavy atom. The second-order valence-corrected chi connectivity index (χ2v) is 4.99. The van der Waals surface area contributed by atoms with Crippen molar-refractivity contribution in [2.24, 2.45) is 5.92 Å². The normalized spacial score (nSPS) is 28.7. The monoisotopic (exact) mass is 215 g/mol. The van der Waals surface area contributed by atoms with E-state index in [9.17, 15) is 0 Å². The van der Waals surface area contributed by atoms with Crippen molar-refractivity contribution in [1.29, 1.82) is 5.26 Å².